The highest BCUT2D eigenvalue weighted by Gasteiger charge is 2.22. The maximum atomic E-state index is 12.3. The minimum Gasteiger partial charge on any atom is -0.497 e. The molecule has 0 radical (unpaired) electrons. The molecular weight excluding hydrogens is 254 g/mol. The molecule has 1 fully saturated rings. The van der Waals surface area contributed by atoms with Crippen molar-refractivity contribution in [2.75, 3.05) is 40.5 Å². The van der Waals surface area contributed by atoms with Crippen LogP contribution in [0.15, 0.2) is 24.3 Å². The summed E-state index contributed by atoms with van der Waals surface area (Å²) in [6.45, 7) is 3.21. The number of hydrogen-bond acceptors (Lipinski definition) is 4. The van der Waals surface area contributed by atoms with Crippen LogP contribution < -0.4 is 4.74 Å². The molecule has 1 aliphatic heterocycles. The number of carbonyl (C=O) groups is 1. The van der Waals surface area contributed by atoms with Crippen molar-refractivity contribution in [3.63, 3.8) is 0 Å². The van der Waals surface area contributed by atoms with E-state index in [2.05, 4.69) is 4.90 Å². The lowest BCUT2D eigenvalue weighted by Crippen LogP contribution is -2.40. The highest BCUT2D eigenvalue weighted by molar-refractivity contribution is 5.97. The topological polar surface area (TPSA) is 38.8 Å². The summed E-state index contributed by atoms with van der Waals surface area (Å²) < 4.78 is 10.4. The van der Waals surface area contributed by atoms with Crippen molar-refractivity contribution in [2.45, 2.75) is 12.8 Å². The maximum absolute atomic E-state index is 12.3. The largest absolute Gasteiger partial charge is 0.497 e. The molecule has 110 valence electrons. The number of Topliss-reactive ketones (excluding diaryl/α,β-unsaturated/α-hetero) is 1. The second-order valence-electron chi connectivity index (χ2n) is 5.35. The number of methoxy groups -OCH3 is 2. The number of nitrogens with zero attached hydrogens (tertiary/aromatic N) is 1. The van der Waals surface area contributed by atoms with Gasteiger partial charge >= 0.3 is 0 Å². The highest BCUT2D eigenvalue weighted by Crippen LogP contribution is 2.18. The number of rotatable bonds is 6. The van der Waals surface area contributed by atoms with Gasteiger partial charge < -0.3 is 9.47 Å². The summed E-state index contributed by atoms with van der Waals surface area (Å²) in [7, 11) is 3.35. The van der Waals surface area contributed by atoms with E-state index in [1.54, 1.807) is 20.3 Å². The Morgan fingerprint density at radius 1 is 1.40 bits per heavy atom. The first kappa shape index (κ1) is 15.0. The fraction of sp³-hybridized carbons (Fsp3) is 0.562. The fourth-order valence-electron chi connectivity index (χ4n) is 2.76. The molecule has 1 atom stereocenters. The number of carbonyl (C=O) groups excluding carboxylic acids is 1. The second kappa shape index (κ2) is 7.41. The van der Waals surface area contributed by atoms with Gasteiger partial charge in [0.05, 0.1) is 20.3 Å². The average molecular weight is 277 g/mol. The summed E-state index contributed by atoms with van der Waals surface area (Å²) in [4.78, 5) is 14.5. The molecule has 4 nitrogen and oxygen atoms in total. The predicted molar refractivity (Wildman–Crippen MR) is 78.4 cm³/mol. The molecule has 1 unspecified atom stereocenters. The Morgan fingerprint density at radius 2 is 2.25 bits per heavy atom. The van der Waals surface area contributed by atoms with E-state index in [-0.39, 0.29) is 5.78 Å². The van der Waals surface area contributed by atoms with E-state index in [9.17, 15) is 4.79 Å². The van der Waals surface area contributed by atoms with E-state index in [1.165, 1.54) is 6.42 Å². The molecule has 1 heterocycles. The number of hydrogen-bond donors (Lipinski definition) is 0. The summed E-state index contributed by atoms with van der Waals surface area (Å²) in [5, 5.41) is 0. The lowest BCUT2D eigenvalue weighted by molar-refractivity contribution is 0.0757. The highest BCUT2D eigenvalue weighted by atomic mass is 16.5. The molecule has 0 spiro atoms. The van der Waals surface area contributed by atoms with E-state index in [1.807, 2.05) is 18.2 Å². The van der Waals surface area contributed by atoms with Gasteiger partial charge in [0, 0.05) is 19.2 Å². The zero-order valence-corrected chi connectivity index (χ0v) is 12.3. The molecule has 0 saturated carbocycles. The van der Waals surface area contributed by atoms with E-state index in [0.29, 0.717) is 12.5 Å². The molecular formula is C16H23NO3. The van der Waals surface area contributed by atoms with Gasteiger partial charge in [0.25, 0.3) is 0 Å². The Kier molecular flexibility index (Phi) is 5.56. The first-order valence-electron chi connectivity index (χ1n) is 7.11. The van der Waals surface area contributed by atoms with Crippen molar-refractivity contribution in [3.8, 4) is 5.75 Å². The second-order valence-corrected chi connectivity index (χ2v) is 5.35. The third-order valence-electron chi connectivity index (χ3n) is 3.76. The molecule has 1 aromatic carbocycles. The number of benzene rings is 1. The Balaban J connectivity index is 1.93. The SMILES string of the molecule is COCC1CCCN(CC(=O)c2cccc(OC)c2)C1. The number of likely N-dealkylation sites (tertiary alicyclic amines) is 1. The number of ether oxygens (including phenoxy) is 2. The summed E-state index contributed by atoms with van der Waals surface area (Å²) >= 11 is 0. The first-order chi connectivity index (χ1) is 9.72. The van der Waals surface area contributed by atoms with Crippen LogP contribution in [0.3, 0.4) is 0 Å². The Labute approximate surface area is 120 Å². The summed E-state index contributed by atoms with van der Waals surface area (Å²) in [6.07, 6.45) is 2.33. The molecule has 0 aliphatic carbocycles. The molecule has 4 heteroatoms. The zero-order chi connectivity index (χ0) is 14.4. The van der Waals surface area contributed by atoms with Crippen LogP contribution in [0.5, 0.6) is 5.75 Å². The Hall–Kier alpha value is -1.39. The Morgan fingerprint density at radius 3 is 3.00 bits per heavy atom. The summed E-state index contributed by atoms with van der Waals surface area (Å²) in [5.74, 6) is 1.43. The predicted octanol–water partition coefficient (Wildman–Crippen LogP) is 2.24. The van der Waals surface area contributed by atoms with Crippen LogP contribution in [-0.2, 0) is 4.74 Å². The van der Waals surface area contributed by atoms with Gasteiger partial charge in [-0.3, -0.25) is 9.69 Å². The summed E-state index contributed by atoms with van der Waals surface area (Å²) in [6, 6.07) is 7.36. The third kappa shape index (κ3) is 4.05. The van der Waals surface area contributed by atoms with Crippen LogP contribution in [0.2, 0.25) is 0 Å². The molecule has 0 N–H and O–H groups in total. The molecule has 2 rings (SSSR count). The Bertz CT molecular complexity index is 445. The van der Waals surface area contributed by atoms with Gasteiger partial charge in [-0.25, -0.2) is 0 Å². The van der Waals surface area contributed by atoms with E-state index in [4.69, 9.17) is 9.47 Å². The van der Waals surface area contributed by atoms with Crippen LogP contribution >= 0.6 is 0 Å². The molecule has 1 aromatic rings. The zero-order valence-electron chi connectivity index (χ0n) is 12.3. The molecule has 0 bridgehead atoms. The van der Waals surface area contributed by atoms with Crippen LogP contribution in [0, 0.1) is 5.92 Å². The lowest BCUT2D eigenvalue weighted by atomic mass is 9.98. The molecule has 0 amide bonds. The average Bonchev–Trinajstić information content (AvgIpc) is 2.48. The molecule has 20 heavy (non-hydrogen) atoms. The van der Waals surface area contributed by atoms with Crippen molar-refractivity contribution in [1.82, 2.24) is 4.90 Å². The van der Waals surface area contributed by atoms with Crippen molar-refractivity contribution in [3.05, 3.63) is 29.8 Å². The molecule has 1 aliphatic rings. The van der Waals surface area contributed by atoms with E-state index < -0.39 is 0 Å². The maximum Gasteiger partial charge on any atom is 0.176 e. The van der Waals surface area contributed by atoms with Crippen molar-refractivity contribution < 1.29 is 14.3 Å². The van der Waals surface area contributed by atoms with E-state index in [0.717, 1.165) is 37.4 Å². The van der Waals surface area contributed by atoms with Crippen molar-refractivity contribution >= 4 is 5.78 Å². The minimum absolute atomic E-state index is 0.155. The van der Waals surface area contributed by atoms with Gasteiger partial charge in [-0.05, 0) is 37.4 Å². The van der Waals surface area contributed by atoms with Gasteiger partial charge in [-0.15, -0.1) is 0 Å². The summed E-state index contributed by atoms with van der Waals surface area (Å²) in [5.41, 5.74) is 0.721. The number of ketones is 1. The van der Waals surface area contributed by atoms with Gasteiger partial charge in [0.15, 0.2) is 5.78 Å². The standard InChI is InChI=1S/C16H23NO3/c1-19-12-13-5-4-8-17(10-13)11-16(18)14-6-3-7-15(9-14)20-2/h3,6-7,9,13H,4-5,8,10-12H2,1-2H3. The first-order valence-corrected chi connectivity index (χ1v) is 7.11. The third-order valence-corrected chi connectivity index (χ3v) is 3.76. The molecule has 1 saturated heterocycles. The van der Waals surface area contributed by atoms with Crippen LogP contribution in [-0.4, -0.2) is 51.1 Å². The number of piperidine rings is 1. The smallest absolute Gasteiger partial charge is 0.176 e. The van der Waals surface area contributed by atoms with Gasteiger partial charge in [0.1, 0.15) is 5.75 Å². The van der Waals surface area contributed by atoms with Crippen molar-refractivity contribution in [2.24, 2.45) is 5.92 Å². The monoisotopic (exact) mass is 277 g/mol. The van der Waals surface area contributed by atoms with Crippen LogP contribution in [0.25, 0.3) is 0 Å². The fourth-order valence-corrected chi connectivity index (χ4v) is 2.76. The normalized spacial score (nSPS) is 19.8. The van der Waals surface area contributed by atoms with Gasteiger partial charge in [-0.2, -0.15) is 0 Å². The quantitative estimate of drug-likeness (QED) is 0.748. The van der Waals surface area contributed by atoms with Crippen LogP contribution in [0.1, 0.15) is 23.2 Å². The van der Waals surface area contributed by atoms with Crippen molar-refractivity contribution in [1.29, 1.82) is 0 Å². The van der Waals surface area contributed by atoms with E-state index >= 15 is 0 Å². The minimum atomic E-state index is 0.155. The lowest BCUT2D eigenvalue weighted by Gasteiger charge is -2.31. The van der Waals surface area contributed by atoms with Crippen LogP contribution in [0.4, 0.5) is 0 Å². The van der Waals surface area contributed by atoms with Gasteiger partial charge in [0.2, 0.25) is 0 Å². The molecule has 0 aromatic heterocycles. The van der Waals surface area contributed by atoms with Gasteiger partial charge in [-0.1, -0.05) is 12.1 Å².